The van der Waals surface area contributed by atoms with Crippen molar-refractivity contribution in [1.82, 2.24) is 4.98 Å². The molecule has 1 aromatic rings. The molecule has 7 heteroatoms. The van der Waals surface area contributed by atoms with Crippen LogP contribution in [0, 0.1) is 0 Å². The highest BCUT2D eigenvalue weighted by Gasteiger charge is 2.33. The van der Waals surface area contributed by atoms with Crippen LogP contribution in [0.2, 0.25) is 0 Å². The van der Waals surface area contributed by atoms with Crippen molar-refractivity contribution < 1.29 is 13.2 Å². The van der Waals surface area contributed by atoms with Gasteiger partial charge in [-0.05, 0) is 31.4 Å². The van der Waals surface area contributed by atoms with Crippen molar-refractivity contribution in [2.24, 2.45) is 5.84 Å². The van der Waals surface area contributed by atoms with E-state index in [4.69, 9.17) is 5.84 Å². The highest BCUT2D eigenvalue weighted by atomic mass is 19.4. The Morgan fingerprint density at radius 2 is 2.10 bits per heavy atom. The molecule has 2 rings (SSSR count). The van der Waals surface area contributed by atoms with Gasteiger partial charge in [-0.3, -0.25) is 0 Å². The molecule has 0 aliphatic carbocycles. The van der Waals surface area contributed by atoms with Gasteiger partial charge < -0.3 is 10.3 Å². The first-order valence-electron chi connectivity index (χ1n) is 7.28. The molecule has 1 atom stereocenters. The molecule has 2 heterocycles. The molecule has 1 aliphatic rings. The SMILES string of the molecule is CCC1CCCCCN1c1cc(C(F)(F)F)cc(NN)n1. The number of halogens is 3. The van der Waals surface area contributed by atoms with E-state index in [1.807, 2.05) is 4.90 Å². The van der Waals surface area contributed by atoms with E-state index in [9.17, 15) is 13.2 Å². The van der Waals surface area contributed by atoms with E-state index >= 15 is 0 Å². The van der Waals surface area contributed by atoms with E-state index < -0.39 is 11.7 Å². The normalized spacial score (nSPS) is 20.2. The molecular formula is C14H21F3N4. The maximum absolute atomic E-state index is 13.0. The molecule has 0 bridgehead atoms. The number of aromatic nitrogens is 1. The second-order valence-corrected chi connectivity index (χ2v) is 5.35. The van der Waals surface area contributed by atoms with Gasteiger partial charge in [0.05, 0.1) is 5.56 Å². The molecule has 0 spiro atoms. The number of nitrogen functional groups attached to an aromatic ring is 1. The number of rotatable bonds is 3. The van der Waals surface area contributed by atoms with Crippen LogP contribution in [0.3, 0.4) is 0 Å². The molecule has 0 amide bonds. The fourth-order valence-electron chi connectivity index (χ4n) is 2.80. The van der Waals surface area contributed by atoms with Gasteiger partial charge >= 0.3 is 6.18 Å². The minimum absolute atomic E-state index is 0.0407. The molecule has 4 nitrogen and oxygen atoms in total. The smallest absolute Gasteiger partial charge is 0.354 e. The van der Waals surface area contributed by atoms with E-state index in [2.05, 4.69) is 17.3 Å². The standard InChI is InChI=1S/C14H21F3N4/c1-2-11-6-4-3-5-7-21(11)13-9-10(14(15,16)17)8-12(19-13)20-18/h8-9,11H,2-7,18H2,1H3,(H,19,20). The van der Waals surface area contributed by atoms with Gasteiger partial charge in [0.1, 0.15) is 11.6 Å². The summed E-state index contributed by atoms with van der Waals surface area (Å²) in [5.74, 6) is 5.65. The van der Waals surface area contributed by atoms with Crippen molar-refractivity contribution in [2.45, 2.75) is 51.2 Å². The van der Waals surface area contributed by atoms with Gasteiger partial charge in [-0.2, -0.15) is 13.2 Å². The number of nitrogens with two attached hydrogens (primary N) is 1. The van der Waals surface area contributed by atoms with E-state index in [-0.39, 0.29) is 11.9 Å². The summed E-state index contributed by atoms with van der Waals surface area (Å²) in [5, 5.41) is 0. The van der Waals surface area contributed by atoms with E-state index in [0.29, 0.717) is 5.82 Å². The molecular weight excluding hydrogens is 281 g/mol. The second kappa shape index (κ2) is 6.51. The van der Waals surface area contributed by atoms with Crippen LogP contribution in [0.4, 0.5) is 24.8 Å². The first-order chi connectivity index (χ1) is 9.95. The zero-order valence-electron chi connectivity index (χ0n) is 12.1. The summed E-state index contributed by atoms with van der Waals surface area (Å²) in [6.45, 7) is 2.79. The van der Waals surface area contributed by atoms with Gasteiger partial charge in [0.15, 0.2) is 0 Å². The minimum atomic E-state index is -4.41. The molecule has 1 aromatic heterocycles. The third kappa shape index (κ3) is 3.78. The first-order valence-corrected chi connectivity index (χ1v) is 7.28. The lowest BCUT2D eigenvalue weighted by atomic mass is 10.1. The van der Waals surface area contributed by atoms with Crippen LogP contribution in [0.15, 0.2) is 12.1 Å². The molecule has 21 heavy (non-hydrogen) atoms. The third-order valence-electron chi connectivity index (χ3n) is 3.93. The summed E-state index contributed by atoms with van der Waals surface area (Å²) in [6.07, 6.45) is 0.656. The highest BCUT2D eigenvalue weighted by Crippen LogP contribution is 2.34. The van der Waals surface area contributed by atoms with Crippen molar-refractivity contribution in [1.29, 1.82) is 0 Å². The van der Waals surface area contributed by atoms with Crippen LogP contribution in [0.5, 0.6) is 0 Å². The van der Waals surface area contributed by atoms with Crippen molar-refractivity contribution in [3.63, 3.8) is 0 Å². The topological polar surface area (TPSA) is 54.2 Å². The van der Waals surface area contributed by atoms with Gasteiger partial charge in [-0.25, -0.2) is 10.8 Å². The Hall–Kier alpha value is -1.50. The van der Waals surface area contributed by atoms with Gasteiger partial charge in [-0.1, -0.05) is 19.8 Å². The Labute approximate surface area is 122 Å². The van der Waals surface area contributed by atoms with Crippen molar-refractivity contribution in [2.75, 3.05) is 16.9 Å². The number of hydrogen-bond donors (Lipinski definition) is 2. The summed E-state index contributed by atoms with van der Waals surface area (Å²) >= 11 is 0. The van der Waals surface area contributed by atoms with Gasteiger partial charge in [0, 0.05) is 12.6 Å². The first kappa shape index (κ1) is 15.9. The van der Waals surface area contributed by atoms with Crippen LogP contribution in [-0.4, -0.2) is 17.6 Å². The lowest BCUT2D eigenvalue weighted by Crippen LogP contribution is -2.35. The summed E-state index contributed by atoms with van der Waals surface area (Å²) in [7, 11) is 0. The number of hydrogen-bond acceptors (Lipinski definition) is 4. The molecule has 1 saturated heterocycles. The Morgan fingerprint density at radius 1 is 1.33 bits per heavy atom. The third-order valence-corrected chi connectivity index (χ3v) is 3.93. The van der Waals surface area contributed by atoms with Crippen LogP contribution in [0.25, 0.3) is 0 Å². The molecule has 1 fully saturated rings. The average molecular weight is 302 g/mol. The van der Waals surface area contributed by atoms with Crippen LogP contribution >= 0.6 is 0 Å². The predicted molar refractivity (Wildman–Crippen MR) is 76.9 cm³/mol. The fraction of sp³-hybridized carbons (Fsp3) is 0.643. The van der Waals surface area contributed by atoms with Gasteiger partial charge in [-0.15, -0.1) is 0 Å². The van der Waals surface area contributed by atoms with Crippen LogP contribution < -0.4 is 16.2 Å². The van der Waals surface area contributed by atoms with E-state index in [1.54, 1.807) is 0 Å². The highest BCUT2D eigenvalue weighted by molar-refractivity contribution is 5.51. The summed E-state index contributed by atoms with van der Waals surface area (Å²) in [5.41, 5.74) is 1.51. The molecule has 0 saturated carbocycles. The molecule has 3 N–H and O–H groups in total. The van der Waals surface area contributed by atoms with Crippen molar-refractivity contribution in [3.05, 3.63) is 17.7 Å². The maximum atomic E-state index is 13.0. The number of nitrogens with zero attached hydrogens (tertiary/aromatic N) is 2. The largest absolute Gasteiger partial charge is 0.416 e. The van der Waals surface area contributed by atoms with E-state index in [0.717, 1.165) is 50.8 Å². The van der Waals surface area contributed by atoms with Crippen LogP contribution in [-0.2, 0) is 6.18 Å². The lowest BCUT2D eigenvalue weighted by molar-refractivity contribution is -0.137. The number of pyridine rings is 1. The van der Waals surface area contributed by atoms with Crippen LogP contribution in [0.1, 0.15) is 44.6 Å². The van der Waals surface area contributed by atoms with Gasteiger partial charge in [0.2, 0.25) is 0 Å². The summed E-state index contributed by atoms with van der Waals surface area (Å²) < 4.78 is 39.0. The Balaban J connectivity index is 2.40. The maximum Gasteiger partial charge on any atom is 0.416 e. The molecule has 0 radical (unpaired) electrons. The lowest BCUT2D eigenvalue weighted by Gasteiger charge is -2.31. The van der Waals surface area contributed by atoms with Crippen molar-refractivity contribution >= 4 is 11.6 Å². The molecule has 118 valence electrons. The zero-order chi connectivity index (χ0) is 15.5. The Kier molecular flexibility index (Phi) is 4.92. The number of alkyl halides is 3. The Bertz CT molecular complexity index is 476. The van der Waals surface area contributed by atoms with Gasteiger partial charge in [0.25, 0.3) is 0 Å². The molecule has 1 aliphatic heterocycles. The summed E-state index contributed by atoms with van der Waals surface area (Å²) in [4.78, 5) is 6.21. The average Bonchev–Trinajstić information content (AvgIpc) is 2.70. The quantitative estimate of drug-likeness (QED) is 0.662. The summed E-state index contributed by atoms with van der Waals surface area (Å²) in [6, 6.07) is 2.28. The fourth-order valence-corrected chi connectivity index (χ4v) is 2.80. The zero-order valence-corrected chi connectivity index (χ0v) is 12.1. The van der Waals surface area contributed by atoms with Crippen molar-refractivity contribution in [3.8, 4) is 0 Å². The monoisotopic (exact) mass is 302 g/mol. The predicted octanol–water partition coefficient (Wildman–Crippen LogP) is 3.55. The second-order valence-electron chi connectivity index (χ2n) is 5.35. The number of nitrogens with one attached hydrogen (secondary N) is 1. The number of anilines is 2. The molecule has 0 aromatic carbocycles. The minimum Gasteiger partial charge on any atom is -0.354 e. The molecule has 1 unspecified atom stereocenters. The Morgan fingerprint density at radius 3 is 2.71 bits per heavy atom. The van der Waals surface area contributed by atoms with E-state index in [1.165, 1.54) is 0 Å². The number of hydrazine groups is 1.